The normalized spacial score (nSPS) is 12.2. The summed E-state index contributed by atoms with van der Waals surface area (Å²) in [6.45, 7) is 0.202. The molecule has 7 heteroatoms. The van der Waals surface area contributed by atoms with Crippen LogP contribution in [0.2, 0.25) is 0 Å². The van der Waals surface area contributed by atoms with Crippen molar-refractivity contribution in [1.29, 1.82) is 0 Å². The third-order valence-electron chi connectivity index (χ3n) is 3.29. The first-order valence-electron chi connectivity index (χ1n) is 6.86. The van der Waals surface area contributed by atoms with Gasteiger partial charge in [-0.2, -0.15) is 0 Å². The highest BCUT2D eigenvalue weighted by molar-refractivity contribution is 7.13. The maximum Gasteiger partial charge on any atom is 0.275 e. The van der Waals surface area contributed by atoms with Crippen molar-refractivity contribution in [2.45, 2.75) is 0 Å². The van der Waals surface area contributed by atoms with Gasteiger partial charge in [0.2, 0.25) is 6.79 Å². The number of nitrogens with one attached hydrogen (secondary N) is 1. The monoisotopic (exact) mass is 325 g/mol. The van der Waals surface area contributed by atoms with Gasteiger partial charge in [-0.15, -0.1) is 11.3 Å². The minimum atomic E-state index is -0.263. The van der Waals surface area contributed by atoms with E-state index in [-0.39, 0.29) is 12.7 Å². The molecule has 1 aliphatic heterocycles. The van der Waals surface area contributed by atoms with Gasteiger partial charge in [0.05, 0.1) is 0 Å². The fourth-order valence-electron chi connectivity index (χ4n) is 2.17. The van der Waals surface area contributed by atoms with E-state index in [0.29, 0.717) is 22.9 Å². The average molecular weight is 325 g/mol. The molecule has 0 radical (unpaired) electrons. The molecule has 1 N–H and O–H groups in total. The summed E-state index contributed by atoms with van der Waals surface area (Å²) >= 11 is 1.42. The Balaban J connectivity index is 1.52. The van der Waals surface area contributed by atoms with Crippen molar-refractivity contribution >= 4 is 22.9 Å². The van der Waals surface area contributed by atoms with E-state index in [2.05, 4.69) is 15.3 Å². The quantitative estimate of drug-likeness (QED) is 0.800. The summed E-state index contributed by atoms with van der Waals surface area (Å²) in [5.74, 6) is 1.04. The van der Waals surface area contributed by atoms with Crippen LogP contribution in [0.5, 0.6) is 11.5 Å². The number of aromatic nitrogens is 2. The number of pyridine rings is 1. The van der Waals surface area contributed by atoms with E-state index in [0.717, 1.165) is 10.6 Å². The Hall–Kier alpha value is -2.93. The van der Waals surface area contributed by atoms with Crippen molar-refractivity contribution in [2.24, 2.45) is 0 Å². The van der Waals surface area contributed by atoms with Crippen LogP contribution in [0.1, 0.15) is 10.5 Å². The van der Waals surface area contributed by atoms with Gasteiger partial charge in [0.1, 0.15) is 10.7 Å². The molecule has 0 bridgehead atoms. The predicted octanol–water partition coefficient (Wildman–Crippen LogP) is 3.19. The number of benzene rings is 1. The van der Waals surface area contributed by atoms with Crippen LogP contribution in [0.3, 0.4) is 0 Å². The van der Waals surface area contributed by atoms with Crippen LogP contribution in [-0.2, 0) is 0 Å². The van der Waals surface area contributed by atoms with Crippen molar-refractivity contribution in [1.82, 2.24) is 9.97 Å². The number of hydrogen-bond acceptors (Lipinski definition) is 6. The molecule has 4 rings (SSSR count). The topological polar surface area (TPSA) is 73.3 Å². The molecule has 0 fully saturated rings. The van der Waals surface area contributed by atoms with E-state index in [9.17, 15) is 4.79 Å². The number of hydrogen-bond donors (Lipinski definition) is 1. The standard InChI is InChI=1S/C16H11N3O3S/c20-15(18-11-1-2-13-14(7-11)22-9-21-13)12-8-23-16(19-12)10-3-5-17-6-4-10/h1-8H,9H2,(H,18,20). The lowest BCUT2D eigenvalue weighted by atomic mass is 10.2. The fourth-order valence-corrected chi connectivity index (χ4v) is 2.98. The molecule has 114 valence electrons. The van der Waals surface area contributed by atoms with E-state index < -0.39 is 0 Å². The number of nitrogens with zero attached hydrogens (tertiary/aromatic N) is 2. The smallest absolute Gasteiger partial charge is 0.275 e. The number of anilines is 1. The van der Waals surface area contributed by atoms with Crippen LogP contribution in [0.25, 0.3) is 10.6 Å². The largest absolute Gasteiger partial charge is 0.454 e. The van der Waals surface area contributed by atoms with Crippen molar-refractivity contribution in [3.05, 3.63) is 53.8 Å². The fraction of sp³-hybridized carbons (Fsp3) is 0.0625. The van der Waals surface area contributed by atoms with Crippen LogP contribution in [0.15, 0.2) is 48.1 Å². The van der Waals surface area contributed by atoms with Crippen molar-refractivity contribution in [2.75, 3.05) is 12.1 Å². The minimum Gasteiger partial charge on any atom is -0.454 e. The SMILES string of the molecule is O=C(Nc1ccc2c(c1)OCO2)c1csc(-c2ccncc2)n1. The molecule has 1 aromatic carbocycles. The van der Waals surface area contributed by atoms with E-state index in [1.165, 1.54) is 11.3 Å². The number of carbonyl (C=O) groups excluding carboxylic acids is 1. The highest BCUT2D eigenvalue weighted by atomic mass is 32.1. The van der Waals surface area contributed by atoms with E-state index in [1.807, 2.05) is 12.1 Å². The minimum absolute atomic E-state index is 0.202. The number of amides is 1. The number of ether oxygens (including phenoxy) is 2. The van der Waals surface area contributed by atoms with E-state index in [4.69, 9.17) is 9.47 Å². The van der Waals surface area contributed by atoms with Gasteiger partial charge in [0.25, 0.3) is 5.91 Å². The lowest BCUT2D eigenvalue weighted by molar-refractivity contribution is 0.102. The first-order chi connectivity index (χ1) is 11.3. The number of thiazole rings is 1. The number of fused-ring (bicyclic) bond motifs is 1. The second kappa shape index (κ2) is 5.69. The lowest BCUT2D eigenvalue weighted by Gasteiger charge is -2.04. The molecule has 0 spiro atoms. The molecular weight excluding hydrogens is 314 g/mol. The molecular formula is C16H11N3O3S. The first-order valence-corrected chi connectivity index (χ1v) is 7.74. The molecule has 6 nitrogen and oxygen atoms in total. The van der Waals surface area contributed by atoms with Crippen molar-refractivity contribution < 1.29 is 14.3 Å². The second-order valence-corrected chi connectivity index (χ2v) is 5.65. The Morgan fingerprint density at radius 1 is 1.13 bits per heavy atom. The van der Waals surface area contributed by atoms with E-state index in [1.54, 1.807) is 36.0 Å². The molecule has 23 heavy (non-hydrogen) atoms. The maximum atomic E-state index is 12.3. The van der Waals surface area contributed by atoms with Crippen LogP contribution in [0.4, 0.5) is 5.69 Å². The van der Waals surface area contributed by atoms with Crippen LogP contribution < -0.4 is 14.8 Å². The molecule has 1 aliphatic rings. The molecule has 3 heterocycles. The summed E-state index contributed by atoms with van der Waals surface area (Å²) in [7, 11) is 0. The summed E-state index contributed by atoms with van der Waals surface area (Å²) in [5.41, 5.74) is 1.95. The summed E-state index contributed by atoms with van der Waals surface area (Å²) < 4.78 is 10.5. The molecule has 0 atom stereocenters. The molecule has 0 saturated carbocycles. The van der Waals surface area contributed by atoms with Crippen LogP contribution >= 0.6 is 11.3 Å². The summed E-state index contributed by atoms with van der Waals surface area (Å²) in [5, 5.41) is 5.33. The Bertz CT molecular complexity index is 864. The molecule has 2 aromatic heterocycles. The van der Waals surface area contributed by atoms with Gasteiger partial charge in [-0.25, -0.2) is 4.98 Å². The summed E-state index contributed by atoms with van der Waals surface area (Å²) in [6, 6.07) is 8.98. The lowest BCUT2D eigenvalue weighted by Crippen LogP contribution is -2.12. The van der Waals surface area contributed by atoms with Gasteiger partial charge in [0.15, 0.2) is 11.5 Å². The zero-order valence-corrected chi connectivity index (χ0v) is 12.7. The predicted molar refractivity (Wildman–Crippen MR) is 85.9 cm³/mol. The zero-order chi connectivity index (χ0) is 15.6. The Morgan fingerprint density at radius 3 is 2.83 bits per heavy atom. The molecule has 0 saturated heterocycles. The molecule has 1 amide bonds. The van der Waals surface area contributed by atoms with Crippen molar-refractivity contribution in [3.8, 4) is 22.1 Å². The first kappa shape index (κ1) is 13.7. The van der Waals surface area contributed by atoms with E-state index >= 15 is 0 Å². The van der Waals surface area contributed by atoms with Gasteiger partial charge in [0, 0.05) is 35.1 Å². The highest BCUT2D eigenvalue weighted by Gasteiger charge is 2.16. The van der Waals surface area contributed by atoms with Gasteiger partial charge in [-0.1, -0.05) is 0 Å². The third-order valence-corrected chi connectivity index (χ3v) is 4.19. The van der Waals surface area contributed by atoms with Crippen molar-refractivity contribution in [3.63, 3.8) is 0 Å². The average Bonchev–Trinajstić information content (AvgIpc) is 3.24. The van der Waals surface area contributed by atoms with Gasteiger partial charge < -0.3 is 14.8 Å². The third kappa shape index (κ3) is 2.74. The van der Waals surface area contributed by atoms with Crippen LogP contribution in [0, 0.1) is 0 Å². The number of carbonyl (C=O) groups is 1. The highest BCUT2D eigenvalue weighted by Crippen LogP contribution is 2.34. The van der Waals surface area contributed by atoms with Crippen LogP contribution in [-0.4, -0.2) is 22.7 Å². The Kier molecular flexibility index (Phi) is 3.39. The summed E-state index contributed by atoms with van der Waals surface area (Å²) in [4.78, 5) is 20.7. The van der Waals surface area contributed by atoms with Gasteiger partial charge >= 0.3 is 0 Å². The Morgan fingerprint density at radius 2 is 1.96 bits per heavy atom. The molecule has 3 aromatic rings. The second-order valence-electron chi connectivity index (χ2n) is 4.80. The molecule has 0 aliphatic carbocycles. The maximum absolute atomic E-state index is 12.3. The zero-order valence-electron chi connectivity index (χ0n) is 11.9. The molecule has 0 unspecified atom stereocenters. The Labute approximate surface area is 135 Å². The summed E-state index contributed by atoms with van der Waals surface area (Å²) in [6.07, 6.45) is 3.40. The van der Waals surface area contributed by atoms with Gasteiger partial charge in [-0.3, -0.25) is 9.78 Å². The number of rotatable bonds is 3. The van der Waals surface area contributed by atoms with Gasteiger partial charge in [-0.05, 0) is 24.3 Å².